The van der Waals surface area contributed by atoms with Crippen molar-refractivity contribution in [3.8, 4) is 0 Å². The molecule has 0 fully saturated rings. The number of aromatic nitrogens is 3. The molecule has 2 aromatic rings. The lowest BCUT2D eigenvalue weighted by Gasteiger charge is -2.20. The third-order valence-electron chi connectivity index (χ3n) is 3.63. The second-order valence-electron chi connectivity index (χ2n) is 5.49. The van der Waals surface area contributed by atoms with Crippen molar-refractivity contribution < 1.29 is 0 Å². The van der Waals surface area contributed by atoms with Crippen LogP contribution in [0.3, 0.4) is 0 Å². The molecule has 116 valence electrons. The number of nitrogens with zero attached hydrogens (tertiary/aromatic N) is 4. The highest BCUT2D eigenvalue weighted by Crippen LogP contribution is 2.15. The maximum atomic E-state index is 5.44. The highest BCUT2D eigenvalue weighted by molar-refractivity contribution is 5.65. The molecule has 0 aliphatic rings. The summed E-state index contributed by atoms with van der Waals surface area (Å²) in [5.74, 6) is 6.81. The van der Waals surface area contributed by atoms with Crippen LogP contribution < -0.4 is 16.6 Å². The molecule has 0 aliphatic heterocycles. The Morgan fingerprint density at radius 1 is 1.38 bits per heavy atom. The van der Waals surface area contributed by atoms with Gasteiger partial charge in [-0.2, -0.15) is 0 Å². The molecule has 2 aromatic heterocycles. The summed E-state index contributed by atoms with van der Waals surface area (Å²) in [7, 11) is 2.16. The topological polar surface area (TPSA) is 83.5 Å². The van der Waals surface area contributed by atoms with Gasteiger partial charge >= 0.3 is 0 Å². The van der Waals surface area contributed by atoms with Crippen molar-refractivity contribution in [1.82, 2.24) is 19.3 Å². The molecule has 2 rings (SSSR count). The average Bonchev–Trinajstić information content (AvgIpc) is 2.94. The van der Waals surface area contributed by atoms with Crippen LogP contribution in [0, 0.1) is 0 Å². The second-order valence-corrected chi connectivity index (χ2v) is 5.49. The van der Waals surface area contributed by atoms with Crippen molar-refractivity contribution in [3.63, 3.8) is 0 Å². The summed E-state index contributed by atoms with van der Waals surface area (Å²) in [6.07, 6.45) is 7.68. The first kappa shape index (κ1) is 15.5. The molecule has 0 aromatic carbocycles. The fourth-order valence-corrected chi connectivity index (χ4v) is 2.07. The van der Waals surface area contributed by atoms with Gasteiger partial charge in [0.05, 0.1) is 6.20 Å². The lowest BCUT2D eigenvalue weighted by atomic mass is 10.2. The molecule has 21 heavy (non-hydrogen) atoms. The summed E-state index contributed by atoms with van der Waals surface area (Å²) in [5.41, 5.74) is 3.39. The van der Waals surface area contributed by atoms with Crippen LogP contribution in [0.5, 0.6) is 0 Å². The summed E-state index contributed by atoms with van der Waals surface area (Å²) in [5, 5.41) is 3.34. The minimum atomic E-state index is 0.594. The number of nitrogens with one attached hydrogen (secondary N) is 2. The number of rotatable bonds is 8. The summed E-state index contributed by atoms with van der Waals surface area (Å²) < 4.78 is 1.90. The normalized spacial score (nSPS) is 11.5. The van der Waals surface area contributed by atoms with Crippen LogP contribution in [-0.2, 0) is 0 Å². The van der Waals surface area contributed by atoms with E-state index in [0.717, 1.165) is 37.4 Å². The summed E-state index contributed by atoms with van der Waals surface area (Å²) in [6.45, 7) is 6.40. The highest BCUT2D eigenvalue weighted by atomic mass is 15.3. The molecular weight excluding hydrogens is 266 g/mol. The molecule has 0 saturated heterocycles. The maximum absolute atomic E-state index is 5.44. The smallest absolute Gasteiger partial charge is 0.180 e. The Kier molecular flexibility index (Phi) is 5.35. The minimum absolute atomic E-state index is 0.594. The Morgan fingerprint density at radius 2 is 2.19 bits per heavy atom. The van der Waals surface area contributed by atoms with Crippen LogP contribution in [0.2, 0.25) is 0 Å². The molecule has 2 heterocycles. The molecule has 0 aliphatic carbocycles. The van der Waals surface area contributed by atoms with Crippen molar-refractivity contribution in [2.45, 2.75) is 32.7 Å². The first-order valence-electron chi connectivity index (χ1n) is 7.36. The molecule has 4 N–H and O–H groups in total. The Morgan fingerprint density at radius 3 is 2.90 bits per heavy atom. The van der Waals surface area contributed by atoms with E-state index in [1.807, 2.05) is 16.8 Å². The highest BCUT2D eigenvalue weighted by Gasteiger charge is 2.07. The fourth-order valence-electron chi connectivity index (χ4n) is 2.07. The van der Waals surface area contributed by atoms with E-state index in [1.165, 1.54) is 0 Å². The number of nitrogens with two attached hydrogens (primary N) is 1. The van der Waals surface area contributed by atoms with Crippen LogP contribution >= 0.6 is 0 Å². The first-order chi connectivity index (χ1) is 10.1. The lowest BCUT2D eigenvalue weighted by Crippen LogP contribution is -2.27. The number of hydrogen-bond acceptors (Lipinski definition) is 6. The summed E-state index contributed by atoms with van der Waals surface area (Å²) >= 11 is 0. The quantitative estimate of drug-likeness (QED) is 0.389. The van der Waals surface area contributed by atoms with Gasteiger partial charge in [0.1, 0.15) is 0 Å². The predicted molar refractivity (Wildman–Crippen MR) is 86.3 cm³/mol. The predicted octanol–water partition coefficient (Wildman–Crippen LogP) is 1.55. The number of fused-ring (bicyclic) bond motifs is 1. The van der Waals surface area contributed by atoms with E-state index >= 15 is 0 Å². The zero-order valence-corrected chi connectivity index (χ0v) is 13.0. The van der Waals surface area contributed by atoms with E-state index in [1.54, 1.807) is 6.20 Å². The largest absolute Gasteiger partial charge is 0.367 e. The lowest BCUT2D eigenvalue weighted by molar-refractivity contribution is 0.269. The number of imidazole rings is 1. The number of hydrazine groups is 1. The fraction of sp³-hybridized carbons (Fsp3) is 0.571. The maximum Gasteiger partial charge on any atom is 0.180 e. The Hall–Kier alpha value is -1.86. The number of anilines is 2. The molecule has 0 bridgehead atoms. The molecule has 0 unspecified atom stereocenters. The van der Waals surface area contributed by atoms with E-state index < -0.39 is 0 Å². The minimum Gasteiger partial charge on any atom is -0.367 e. The third-order valence-corrected chi connectivity index (χ3v) is 3.63. The molecule has 0 atom stereocenters. The Balaban J connectivity index is 1.87. The van der Waals surface area contributed by atoms with Gasteiger partial charge in [-0.1, -0.05) is 0 Å². The van der Waals surface area contributed by atoms with Crippen LogP contribution in [0.4, 0.5) is 11.6 Å². The van der Waals surface area contributed by atoms with Crippen molar-refractivity contribution in [2.24, 2.45) is 5.84 Å². The van der Waals surface area contributed by atoms with Crippen LogP contribution in [0.15, 0.2) is 18.6 Å². The van der Waals surface area contributed by atoms with Gasteiger partial charge in [-0.25, -0.2) is 15.8 Å². The molecular formula is C14H25N7. The number of nitrogen functional groups attached to an aromatic ring is 1. The van der Waals surface area contributed by atoms with E-state index in [4.69, 9.17) is 5.84 Å². The van der Waals surface area contributed by atoms with Crippen molar-refractivity contribution in [2.75, 3.05) is 30.9 Å². The van der Waals surface area contributed by atoms with Crippen molar-refractivity contribution in [1.29, 1.82) is 0 Å². The summed E-state index contributed by atoms with van der Waals surface area (Å²) in [6, 6.07) is 0.594. The molecule has 0 spiro atoms. The molecule has 7 heteroatoms. The van der Waals surface area contributed by atoms with Gasteiger partial charge in [0.2, 0.25) is 0 Å². The Labute approximate surface area is 125 Å². The van der Waals surface area contributed by atoms with Crippen LogP contribution in [0.1, 0.15) is 26.7 Å². The Bertz CT molecular complexity index is 563. The first-order valence-corrected chi connectivity index (χ1v) is 7.36. The average molecular weight is 291 g/mol. The van der Waals surface area contributed by atoms with Gasteiger partial charge in [-0.05, 0) is 40.3 Å². The zero-order chi connectivity index (χ0) is 15.2. The van der Waals surface area contributed by atoms with Gasteiger partial charge in [0.25, 0.3) is 0 Å². The number of unbranched alkanes of at least 4 members (excludes halogenated alkanes) is 1. The molecule has 7 nitrogen and oxygen atoms in total. The van der Waals surface area contributed by atoms with Gasteiger partial charge in [0.15, 0.2) is 17.3 Å². The van der Waals surface area contributed by atoms with E-state index in [2.05, 4.69) is 46.5 Å². The SMILES string of the molecule is CC(C)N(C)CCCCNc1nc(NN)cn2ccnc12. The summed E-state index contributed by atoms with van der Waals surface area (Å²) in [4.78, 5) is 11.1. The van der Waals surface area contributed by atoms with E-state index in [-0.39, 0.29) is 0 Å². The van der Waals surface area contributed by atoms with Crippen LogP contribution in [-0.4, -0.2) is 45.4 Å². The van der Waals surface area contributed by atoms with Crippen molar-refractivity contribution >= 4 is 17.3 Å². The standard InChI is InChI=1S/C14H25N7/c1-11(2)20(3)8-5-4-6-16-13-14-17-7-9-21(14)10-12(18-13)19-15/h7,9-11,19H,4-6,8,15H2,1-3H3,(H,16,18). The molecule has 0 saturated carbocycles. The second kappa shape index (κ2) is 7.24. The van der Waals surface area contributed by atoms with Gasteiger partial charge in [0, 0.05) is 25.0 Å². The van der Waals surface area contributed by atoms with Crippen molar-refractivity contribution in [3.05, 3.63) is 18.6 Å². The van der Waals surface area contributed by atoms with Gasteiger partial charge in [-0.3, -0.25) is 0 Å². The van der Waals surface area contributed by atoms with Gasteiger partial charge in [-0.15, -0.1) is 0 Å². The molecule has 0 amide bonds. The van der Waals surface area contributed by atoms with E-state index in [9.17, 15) is 0 Å². The third kappa shape index (κ3) is 4.05. The number of hydrogen-bond donors (Lipinski definition) is 3. The van der Waals surface area contributed by atoms with Gasteiger partial charge < -0.3 is 20.0 Å². The molecule has 0 radical (unpaired) electrons. The van der Waals surface area contributed by atoms with Crippen LogP contribution in [0.25, 0.3) is 5.65 Å². The monoisotopic (exact) mass is 291 g/mol. The zero-order valence-electron chi connectivity index (χ0n) is 13.0. The van der Waals surface area contributed by atoms with E-state index in [0.29, 0.717) is 11.9 Å².